The van der Waals surface area contributed by atoms with Gasteiger partial charge in [-0.1, -0.05) is 48.2 Å². The zero-order chi connectivity index (χ0) is 15.4. The lowest BCUT2D eigenvalue weighted by Gasteiger charge is -2.10. The average Bonchev–Trinajstić information content (AvgIpc) is 3.02. The first-order chi connectivity index (χ1) is 10.8. The molecule has 0 aliphatic carbocycles. The quantitative estimate of drug-likeness (QED) is 0.673. The maximum atomic E-state index is 9.16. The van der Waals surface area contributed by atoms with E-state index in [0.717, 1.165) is 27.7 Å². The van der Waals surface area contributed by atoms with Gasteiger partial charge in [-0.15, -0.1) is 0 Å². The third-order valence-corrected chi connectivity index (χ3v) is 4.49. The number of hydrogen-bond donors (Lipinski definition) is 0. The fourth-order valence-corrected chi connectivity index (χ4v) is 3.28. The minimum atomic E-state index is 0.726. The van der Waals surface area contributed by atoms with Crippen molar-refractivity contribution in [2.24, 2.45) is 0 Å². The number of nitrogens with zero attached hydrogens (tertiary/aromatic N) is 3. The van der Waals surface area contributed by atoms with Crippen LogP contribution in [0.1, 0.15) is 16.7 Å². The Bertz CT molecular complexity index is 830. The van der Waals surface area contributed by atoms with E-state index in [-0.39, 0.29) is 0 Å². The van der Waals surface area contributed by atoms with Crippen LogP contribution in [0.4, 0.5) is 0 Å². The van der Waals surface area contributed by atoms with Gasteiger partial charge in [-0.25, -0.2) is 4.98 Å². The highest BCUT2D eigenvalue weighted by molar-refractivity contribution is 7.98. The molecule has 0 saturated heterocycles. The zero-order valence-corrected chi connectivity index (χ0v) is 13.0. The topological polar surface area (TPSA) is 41.6 Å². The Labute approximate surface area is 134 Å². The molecule has 1 heterocycles. The summed E-state index contributed by atoms with van der Waals surface area (Å²) in [4.78, 5) is 4.45. The van der Waals surface area contributed by atoms with Crippen LogP contribution < -0.4 is 0 Å². The molecule has 0 spiro atoms. The maximum absolute atomic E-state index is 9.16. The van der Waals surface area contributed by atoms with Crippen molar-refractivity contribution >= 4 is 11.8 Å². The third-order valence-electron chi connectivity index (χ3n) is 3.48. The van der Waals surface area contributed by atoms with E-state index in [1.165, 1.54) is 5.56 Å². The van der Waals surface area contributed by atoms with E-state index in [0.29, 0.717) is 0 Å². The van der Waals surface area contributed by atoms with E-state index < -0.39 is 0 Å². The van der Waals surface area contributed by atoms with E-state index in [1.54, 1.807) is 11.8 Å². The smallest absolute Gasteiger partial charge is 0.172 e. The van der Waals surface area contributed by atoms with Gasteiger partial charge in [-0.3, -0.25) is 4.57 Å². The Hall–Kier alpha value is -2.51. The first kappa shape index (κ1) is 14.4. The molecule has 0 aliphatic heterocycles. The SMILES string of the molecule is Cc1ccccc1-n1ccnc1SCc1ccccc1C#N. The number of nitriles is 1. The minimum absolute atomic E-state index is 0.726. The number of hydrogen-bond acceptors (Lipinski definition) is 3. The highest BCUT2D eigenvalue weighted by Gasteiger charge is 2.09. The van der Waals surface area contributed by atoms with E-state index in [9.17, 15) is 0 Å². The molecule has 0 radical (unpaired) electrons. The largest absolute Gasteiger partial charge is 0.295 e. The van der Waals surface area contributed by atoms with Crippen molar-refractivity contribution < 1.29 is 0 Å². The summed E-state index contributed by atoms with van der Waals surface area (Å²) < 4.78 is 2.09. The molecule has 3 rings (SSSR count). The summed E-state index contributed by atoms with van der Waals surface area (Å²) in [5.74, 6) is 0.729. The van der Waals surface area contributed by atoms with Crippen molar-refractivity contribution in [3.8, 4) is 11.8 Å². The lowest BCUT2D eigenvalue weighted by molar-refractivity contribution is 0.887. The molecule has 0 N–H and O–H groups in total. The summed E-state index contributed by atoms with van der Waals surface area (Å²) in [7, 11) is 0. The van der Waals surface area contributed by atoms with Crippen molar-refractivity contribution in [1.82, 2.24) is 9.55 Å². The third kappa shape index (κ3) is 2.90. The molecule has 0 fully saturated rings. The summed E-state index contributed by atoms with van der Waals surface area (Å²) in [6.45, 7) is 2.09. The molecule has 108 valence electrons. The molecule has 1 aromatic heterocycles. The van der Waals surface area contributed by atoms with Gasteiger partial charge in [-0.05, 0) is 30.2 Å². The first-order valence-corrected chi connectivity index (χ1v) is 7.98. The first-order valence-electron chi connectivity index (χ1n) is 7.00. The van der Waals surface area contributed by atoms with Crippen molar-refractivity contribution in [2.45, 2.75) is 17.8 Å². The normalized spacial score (nSPS) is 10.4. The van der Waals surface area contributed by atoms with Crippen LogP contribution in [-0.4, -0.2) is 9.55 Å². The lowest BCUT2D eigenvalue weighted by atomic mass is 10.1. The maximum Gasteiger partial charge on any atom is 0.172 e. The molecule has 0 amide bonds. The molecular formula is C18H15N3S. The molecule has 0 atom stereocenters. The number of thioether (sulfide) groups is 1. The van der Waals surface area contributed by atoms with Crippen molar-refractivity contribution in [2.75, 3.05) is 0 Å². The van der Waals surface area contributed by atoms with Gasteiger partial charge in [0.15, 0.2) is 5.16 Å². The molecule has 22 heavy (non-hydrogen) atoms. The predicted octanol–water partition coefficient (Wildman–Crippen LogP) is 4.34. The number of aromatic nitrogens is 2. The molecule has 2 aromatic carbocycles. The van der Waals surface area contributed by atoms with Gasteiger partial charge in [0.2, 0.25) is 0 Å². The van der Waals surface area contributed by atoms with Gasteiger partial charge in [0, 0.05) is 18.1 Å². The van der Waals surface area contributed by atoms with Gasteiger partial charge in [0.1, 0.15) is 0 Å². The van der Waals surface area contributed by atoms with Gasteiger partial charge in [0.25, 0.3) is 0 Å². The number of imidazole rings is 1. The minimum Gasteiger partial charge on any atom is -0.295 e. The monoisotopic (exact) mass is 305 g/mol. The lowest BCUT2D eigenvalue weighted by Crippen LogP contribution is -1.98. The van der Waals surface area contributed by atoms with Crippen molar-refractivity contribution in [1.29, 1.82) is 5.26 Å². The molecule has 3 aromatic rings. The van der Waals surface area contributed by atoms with E-state index in [1.807, 2.05) is 48.8 Å². The Balaban J connectivity index is 1.85. The molecule has 0 unspecified atom stereocenters. The second-order valence-electron chi connectivity index (χ2n) is 4.92. The van der Waals surface area contributed by atoms with E-state index >= 15 is 0 Å². The summed E-state index contributed by atoms with van der Waals surface area (Å²) >= 11 is 1.64. The number of aryl methyl sites for hydroxylation is 1. The summed E-state index contributed by atoms with van der Waals surface area (Å²) in [5, 5.41) is 10.1. The number of benzene rings is 2. The zero-order valence-electron chi connectivity index (χ0n) is 12.2. The van der Waals surface area contributed by atoms with Gasteiger partial charge < -0.3 is 0 Å². The fourth-order valence-electron chi connectivity index (χ4n) is 2.31. The van der Waals surface area contributed by atoms with Crippen LogP contribution >= 0.6 is 11.8 Å². The summed E-state index contributed by atoms with van der Waals surface area (Å²) in [6.07, 6.45) is 3.78. The summed E-state index contributed by atoms with van der Waals surface area (Å²) in [6, 6.07) is 18.2. The van der Waals surface area contributed by atoms with Crippen molar-refractivity contribution in [3.63, 3.8) is 0 Å². The highest BCUT2D eigenvalue weighted by Crippen LogP contribution is 2.26. The summed E-state index contributed by atoms with van der Waals surface area (Å²) in [5.41, 5.74) is 4.11. The molecule has 0 bridgehead atoms. The van der Waals surface area contributed by atoms with Crippen LogP contribution in [0, 0.1) is 18.3 Å². The molecule has 3 nitrogen and oxygen atoms in total. The van der Waals surface area contributed by atoms with Gasteiger partial charge >= 0.3 is 0 Å². The van der Waals surface area contributed by atoms with Gasteiger partial charge in [0.05, 0.1) is 17.3 Å². The number of rotatable bonds is 4. The highest BCUT2D eigenvalue weighted by atomic mass is 32.2. The molecular weight excluding hydrogens is 290 g/mol. The van der Waals surface area contributed by atoms with Crippen LogP contribution in [0.2, 0.25) is 0 Å². The van der Waals surface area contributed by atoms with Crippen molar-refractivity contribution in [3.05, 3.63) is 77.6 Å². The molecule has 4 heteroatoms. The van der Waals surface area contributed by atoms with Crippen LogP contribution in [0.3, 0.4) is 0 Å². The van der Waals surface area contributed by atoms with E-state index in [4.69, 9.17) is 5.26 Å². The molecule has 0 saturated carbocycles. The average molecular weight is 305 g/mol. The Morgan fingerprint density at radius 2 is 1.91 bits per heavy atom. The molecule has 0 aliphatic rings. The Morgan fingerprint density at radius 1 is 1.14 bits per heavy atom. The predicted molar refractivity (Wildman–Crippen MR) is 89.0 cm³/mol. The van der Waals surface area contributed by atoms with Crippen LogP contribution in [0.15, 0.2) is 66.1 Å². The Morgan fingerprint density at radius 3 is 2.73 bits per heavy atom. The standard InChI is InChI=1S/C18H15N3S/c1-14-6-2-5-9-17(14)21-11-10-20-18(21)22-13-16-8-4-3-7-15(16)12-19/h2-11H,13H2,1H3. The Kier molecular flexibility index (Phi) is 4.27. The second kappa shape index (κ2) is 6.50. The van der Waals surface area contributed by atoms with E-state index in [2.05, 4.69) is 34.7 Å². The van der Waals surface area contributed by atoms with Crippen LogP contribution in [0.5, 0.6) is 0 Å². The van der Waals surface area contributed by atoms with Gasteiger partial charge in [-0.2, -0.15) is 5.26 Å². The second-order valence-corrected chi connectivity index (χ2v) is 5.87. The van der Waals surface area contributed by atoms with Crippen LogP contribution in [0.25, 0.3) is 5.69 Å². The fraction of sp³-hybridized carbons (Fsp3) is 0.111. The number of para-hydroxylation sites is 1. The van der Waals surface area contributed by atoms with Crippen LogP contribution in [-0.2, 0) is 5.75 Å².